The van der Waals surface area contributed by atoms with Crippen LogP contribution in [0.5, 0.6) is 11.6 Å². The van der Waals surface area contributed by atoms with Crippen molar-refractivity contribution < 1.29 is 13.9 Å². The Kier molecular flexibility index (Phi) is 7.84. The van der Waals surface area contributed by atoms with E-state index in [0.717, 1.165) is 74.7 Å². The van der Waals surface area contributed by atoms with Gasteiger partial charge in [-0.15, -0.1) is 0 Å². The summed E-state index contributed by atoms with van der Waals surface area (Å²) >= 11 is 6.59. The first-order valence-corrected chi connectivity index (χ1v) is 14.7. The molecule has 2 fully saturated rings. The van der Waals surface area contributed by atoms with Crippen molar-refractivity contribution in [2.45, 2.75) is 50.6 Å². The van der Waals surface area contributed by atoms with Crippen LogP contribution in [0.3, 0.4) is 0 Å². The molecule has 1 spiro atoms. The monoisotopic (exact) mass is 565 g/mol. The summed E-state index contributed by atoms with van der Waals surface area (Å²) in [5, 5.41) is 4.01. The number of nitrogens with zero attached hydrogens (tertiary/aromatic N) is 4. The van der Waals surface area contributed by atoms with E-state index in [2.05, 4.69) is 32.2 Å². The zero-order valence-electron chi connectivity index (χ0n) is 23.3. The van der Waals surface area contributed by atoms with Crippen molar-refractivity contribution in [2.24, 2.45) is 0 Å². The van der Waals surface area contributed by atoms with E-state index >= 15 is 0 Å². The number of aromatic nitrogens is 2. The second kappa shape index (κ2) is 11.5. The lowest BCUT2D eigenvalue weighted by molar-refractivity contribution is 0.140. The number of methoxy groups -OCH3 is 1. The van der Waals surface area contributed by atoms with E-state index in [9.17, 15) is 4.39 Å². The highest BCUT2D eigenvalue weighted by Gasteiger charge is 2.43. The topological polar surface area (TPSA) is 62.8 Å². The minimum Gasteiger partial charge on any atom is -0.492 e. The Hall–Kier alpha value is -2.94. The van der Waals surface area contributed by atoms with Gasteiger partial charge in [-0.3, -0.25) is 9.88 Å². The van der Waals surface area contributed by atoms with Crippen molar-refractivity contribution in [3.63, 3.8) is 0 Å². The van der Waals surface area contributed by atoms with Gasteiger partial charge in [0.1, 0.15) is 5.02 Å². The Labute approximate surface area is 240 Å². The summed E-state index contributed by atoms with van der Waals surface area (Å²) in [4.78, 5) is 14.6. The molecule has 3 aliphatic rings. The van der Waals surface area contributed by atoms with Crippen LogP contribution in [0.2, 0.25) is 5.02 Å². The standard InChI is InChI=1S/C31H37ClFN5O2/c1-3-40-30-22(7-5-15-35-30)25-10-8-23-26(36-25)19-37(18-21-6-4-14-34-21)20-31(23)12-16-38(17-13-31)27-11-9-24(33)29(39-2)28(27)32/h5,7-11,15,21,34H,3-4,6,12-14,16-20H2,1-2H3/t21-/m1/s1. The summed E-state index contributed by atoms with van der Waals surface area (Å²) in [6.45, 7) is 8.13. The SMILES string of the molecule is CCOc1ncccc1-c1ccc2c(n1)CN(C[C@H]1CCCN1)CC21CCN(c2ccc(F)c(OC)c2Cl)CC1. The molecule has 1 N–H and O–H groups in total. The lowest BCUT2D eigenvalue weighted by atomic mass is 9.69. The molecular weight excluding hydrogens is 529 g/mol. The number of hydrogen-bond acceptors (Lipinski definition) is 7. The molecule has 6 rings (SSSR count). The van der Waals surface area contributed by atoms with Gasteiger partial charge >= 0.3 is 0 Å². The summed E-state index contributed by atoms with van der Waals surface area (Å²) in [7, 11) is 1.45. The summed E-state index contributed by atoms with van der Waals surface area (Å²) < 4.78 is 25.3. The van der Waals surface area contributed by atoms with Gasteiger partial charge in [-0.1, -0.05) is 17.7 Å². The second-order valence-corrected chi connectivity index (χ2v) is 11.5. The summed E-state index contributed by atoms with van der Waals surface area (Å²) in [5.41, 5.74) is 5.12. The Bertz CT molecular complexity index is 1360. The number of halogens is 2. The third kappa shape index (κ3) is 5.13. The minimum absolute atomic E-state index is 0.0114. The van der Waals surface area contributed by atoms with E-state index < -0.39 is 5.82 Å². The van der Waals surface area contributed by atoms with Crippen molar-refractivity contribution in [3.8, 4) is 22.9 Å². The number of piperidine rings is 1. The van der Waals surface area contributed by atoms with Gasteiger partial charge in [-0.05, 0) is 75.0 Å². The molecule has 2 saturated heterocycles. The molecule has 5 heterocycles. The maximum atomic E-state index is 14.2. The largest absolute Gasteiger partial charge is 0.492 e. The molecule has 3 aromatic rings. The van der Waals surface area contributed by atoms with Crippen LogP contribution in [0.25, 0.3) is 11.3 Å². The number of nitrogens with one attached hydrogen (secondary N) is 1. The Balaban J connectivity index is 1.32. The molecule has 0 bridgehead atoms. The van der Waals surface area contributed by atoms with Gasteiger partial charge in [0.25, 0.3) is 0 Å². The molecule has 0 aliphatic carbocycles. The van der Waals surface area contributed by atoms with Gasteiger partial charge < -0.3 is 19.7 Å². The van der Waals surface area contributed by atoms with Crippen LogP contribution in [0.15, 0.2) is 42.6 Å². The highest BCUT2D eigenvalue weighted by atomic mass is 35.5. The van der Waals surface area contributed by atoms with Crippen LogP contribution in [0.4, 0.5) is 10.1 Å². The first kappa shape index (κ1) is 27.2. The van der Waals surface area contributed by atoms with E-state index in [1.165, 1.54) is 31.6 Å². The summed E-state index contributed by atoms with van der Waals surface area (Å²) in [6.07, 6.45) is 6.14. The Morgan fingerprint density at radius 3 is 2.77 bits per heavy atom. The zero-order chi connectivity index (χ0) is 27.7. The Morgan fingerprint density at radius 2 is 2.02 bits per heavy atom. The van der Waals surface area contributed by atoms with E-state index in [4.69, 9.17) is 26.1 Å². The predicted octanol–water partition coefficient (Wildman–Crippen LogP) is 5.45. The van der Waals surface area contributed by atoms with Gasteiger partial charge in [0.05, 0.1) is 36.4 Å². The second-order valence-electron chi connectivity index (χ2n) is 11.1. The lowest BCUT2D eigenvalue weighted by Crippen LogP contribution is -2.54. The van der Waals surface area contributed by atoms with Crippen LogP contribution in [0.1, 0.15) is 43.9 Å². The van der Waals surface area contributed by atoms with E-state index in [1.54, 1.807) is 12.3 Å². The number of benzene rings is 1. The third-order valence-corrected chi connectivity index (χ3v) is 9.07. The molecule has 40 heavy (non-hydrogen) atoms. The van der Waals surface area contributed by atoms with Crippen LogP contribution in [-0.2, 0) is 12.0 Å². The smallest absolute Gasteiger partial charge is 0.222 e. The van der Waals surface area contributed by atoms with Crippen molar-refractivity contribution >= 4 is 17.3 Å². The number of hydrogen-bond donors (Lipinski definition) is 1. The molecular formula is C31H37ClFN5O2. The highest BCUT2D eigenvalue weighted by molar-refractivity contribution is 6.34. The zero-order valence-corrected chi connectivity index (χ0v) is 24.0. The van der Waals surface area contributed by atoms with Gasteiger partial charge in [-0.2, -0.15) is 0 Å². The number of ether oxygens (including phenoxy) is 2. The van der Waals surface area contributed by atoms with Crippen molar-refractivity contribution in [2.75, 3.05) is 51.3 Å². The van der Waals surface area contributed by atoms with Crippen LogP contribution >= 0.6 is 11.6 Å². The molecule has 9 heteroatoms. The first-order valence-electron chi connectivity index (χ1n) is 14.3. The normalized spacial score (nSPS) is 20.5. The Morgan fingerprint density at radius 1 is 1.18 bits per heavy atom. The minimum atomic E-state index is -0.440. The highest BCUT2D eigenvalue weighted by Crippen LogP contribution is 2.45. The van der Waals surface area contributed by atoms with Crippen molar-refractivity contribution in [1.82, 2.24) is 20.2 Å². The van der Waals surface area contributed by atoms with E-state index in [1.807, 2.05) is 19.1 Å². The van der Waals surface area contributed by atoms with Crippen LogP contribution in [0, 0.1) is 5.82 Å². The van der Waals surface area contributed by atoms with Crippen molar-refractivity contribution in [1.29, 1.82) is 0 Å². The molecule has 0 saturated carbocycles. The van der Waals surface area contributed by atoms with Crippen LogP contribution < -0.4 is 19.7 Å². The molecule has 2 aromatic heterocycles. The van der Waals surface area contributed by atoms with E-state index in [0.29, 0.717) is 23.6 Å². The maximum Gasteiger partial charge on any atom is 0.222 e. The fourth-order valence-corrected chi connectivity index (χ4v) is 7.13. The summed E-state index contributed by atoms with van der Waals surface area (Å²) in [6, 6.07) is 12.1. The van der Waals surface area contributed by atoms with Gasteiger partial charge in [0.15, 0.2) is 11.6 Å². The van der Waals surface area contributed by atoms with Gasteiger partial charge in [0, 0.05) is 50.4 Å². The fourth-order valence-electron chi connectivity index (χ4n) is 6.78. The maximum absolute atomic E-state index is 14.2. The molecule has 1 aromatic carbocycles. The van der Waals surface area contributed by atoms with Crippen LogP contribution in [-0.4, -0.2) is 67.4 Å². The first-order chi connectivity index (χ1) is 19.5. The molecule has 7 nitrogen and oxygen atoms in total. The lowest BCUT2D eigenvalue weighted by Gasteiger charge is -2.49. The molecule has 0 unspecified atom stereocenters. The number of pyridine rings is 2. The number of anilines is 1. The molecule has 212 valence electrons. The predicted molar refractivity (Wildman–Crippen MR) is 156 cm³/mol. The third-order valence-electron chi connectivity index (χ3n) is 8.71. The molecule has 0 radical (unpaired) electrons. The average Bonchev–Trinajstić information content (AvgIpc) is 3.47. The fraction of sp³-hybridized carbons (Fsp3) is 0.484. The summed E-state index contributed by atoms with van der Waals surface area (Å²) in [5.74, 6) is 0.288. The number of fused-ring (bicyclic) bond motifs is 2. The van der Waals surface area contributed by atoms with Gasteiger partial charge in [-0.25, -0.2) is 9.37 Å². The molecule has 1 atom stereocenters. The van der Waals surface area contributed by atoms with Crippen molar-refractivity contribution in [3.05, 3.63) is 64.7 Å². The molecule has 0 amide bonds. The average molecular weight is 566 g/mol. The quantitative estimate of drug-likeness (QED) is 0.409. The number of rotatable bonds is 7. The van der Waals surface area contributed by atoms with E-state index in [-0.39, 0.29) is 11.2 Å². The molecule has 3 aliphatic heterocycles. The van der Waals surface area contributed by atoms with Gasteiger partial charge in [0.2, 0.25) is 5.88 Å².